The Balaban J connectivity index is 1.74. The Labute approximate surface area is 137 Å². The fourth-order valence-corrected chi connectivity index (χ4v) is 2.97. The maximum Gasteiger partial charge on any atom is 0.254 e. The minimum Gasteiger partial charge on any atom is -0.375 e. The minimum atomic E-state index is -0.125. The summed E-state index contributed by atoms with van der Waals surface area (Å²) in [7, 11) is 1.71. The molecule has 0 fully saturated rings. The van der Waals surface area contributed by atoms with Crippen molar-refractivity contribution in [2.24, 2.45) is 0 Å². The van der Waals surface area contributed by atoms with E-state index >= 15 is 0 Å². The summed E-state index contributed by atoms with van der Waals surface area (Å²) in [5.74, 6) is 0.978. The zero-order valence-corrected chi connectivity index (χ0v) is 13.8. The van der Waals surface area contributed by atoms with Gasteiger partial charge in [0.2, 0.25) is 5.89 Å². The fourth-order valence-electron chi connectivity index (χ4n) is 2.25. The number of nitrogen functional groups attached to an aromatic ring is 1. The molecule has 0 bridgehead atoms. The molecule has 2 N–H and O–H groups in total. The summed E-state index contributed by atoms with van der Waals surface area (Å²) >= 11 is 1.40. The molecule has 0 radical (unpaired) electrons. The number of anilines is 1. The van der Waals surface area contributed by atoms with Crippen molar-refractivity contribution in [1.29, 1.82) is 0 Å². The van der Waals surface area contributed by atoms with Gasteiger partial charge in [-0.1, -0.05) is 23.4 Å². The highest BCUT2D eigenvalue weighted by molar-refractivity contribution is 7.22. The molecule has 0 aliphatic rings. The molecule has 0 spiro atoms. The van der Waals surface area contributed by atoms with Crippen molar-refractivity contribution in [1.82, 2.24) is 20.0 Å². The summed E-state index contributed by atoms with van der Waals surface area (Å²) in [5.41, 5.74) is 6.98. The number of fused-ring (bicyclic) bond motifs is 1. The van der Waals surface area contributed by atoms with Crippen molar-refractivity contribution in [3.63, 3.8) is 0 Å². The van der Waals surface area contributed by atoms with Crippen molar-refractivity contribution in [2.75, 3.05) is 12.8 Å². The Kier molecular flexibility index (Phi) is 4.24. The van der Waals surface area contributed by atoms with Gasteiger partial charge in [0.25, 0.3) is 5.91 Å². The Morgan fingerprint density at radius 1 is 1.39 bits per heavy atom. The lowest BCUT2D eigenvalue weighted by atomic mass is 10.2. The second-order valence-corrected chi connectivity index (χ2v) is 6.31. The van der Waals surface area contributed by atoms with Crippen LogP contribution in [0.1, 0.15) is 35.4 Å². The van der Waals surface area contributed by atoms with Crippen molar-refractivity contribution in [2.45, 2.75) is 26.3 Å². The maximum absolute atomic E-state index is 12.5. The molecule has 8 heteroatoms. The number of amides is 1. The second kappa shape index (κ2) is 6.33. The summed E-state index contributed by atoms with van der Waals surface area (Å²) < 4.78 is 6.09. The SMILES string of the molecule is CCCc1nc(CN(C)C(=O)c2ccc3sc(N)nc3c2)no1. The number of hydrogen-bond donors (Lipinski definition) is 1. The number of benzene rings is 1. The number of nitrogens with zero attached hydrogens (tertiary/aromatic N) is 4. The number of aryl methyl sites for hydroxylation is 1. The number of aromatic nitrogens is 3. The summed E-state index contributed by atoms with van der Waals surface area (Å²) in [6.45, 7) is 2.34. The first-order valence-electron chi connectivity index (χ1n) is 7.30. The van der Waals surface area contributed by atoms with E-state index in [1.807, 2.05) is 13.0 Å². The van der Waals surface area contributed by atoms with Crippen LogP contribution in [0, 0.1) is 0 Å². The van der Waals surface area contributed by atoms with Crippen LogP contribution >= 0.6 is 11.3 Å². The Morgan fingerprint density at radius 2 is 2.22 bits per heavy atom. The average Bonchev–Trinajstić information content (AvgIpc) is 3.11. The highest BCUT2D eigenvalue weighted by atomic mass is 32.1. The van der Waals surface area contributed by atoms with E-state index in [0.29, 0.717) is 29.0 Å². The molecule has 1 aromatic carbocycles. The Bertz CT molecular complexity index is 841. The lowest BCUT2D eigenvalue weighted by Gasteiger charge is -2.14. The van der Waals surface area contributed by atoms with Crippen LogP contribution in [0.25, 0.3) is 10.2 Å². The molecule has 23 heavy (non-hydrogen) atoms. The van der Waals surface area contributed by atoms with E-state index in [1.165, 1.54) is 11.3 Å². The van der Waals surface area contributed by atoms with E-state index < -0.39 is 0 Å². The zero-order chi connectivity index (χ0) is 16.4. The molecule has 3 aromatic rings. The van der Waals surface area contributed by atoms with Gasteiger partial charge >= 0.3 is 0 Å². The highest BCUT2D eigenvalue weighted by Gasteiger charge is 2.16. The normalized spacial score (nSPS) is 11.0. The molecule has 2 heterocycles. The van der Waals surface area contributed by atoms with E-state index in [-0.39, 0.29) is 5.91 Å². The molecule has 3 rings (SSSR count). The van der Waals surface area contributed by atoms with Crippen LogP contribution in [0.3, 0.4) is 0 Å². The standard InChI is InChI=1S/C15H17N5O2S/c1-3-4-13-18-12(19-22-13)8-20(2)14(21)9-5-6-11-10(7-9)17-15(16)23-11/h5-7H,3-4,8H2,1-2H3,(H2,16,17). The smallest absolute Gasteiger partial charge is 0.254 e. The largest absolute Gasteiger partial charge is 0.375 e. The summed E-state index contributed by atoms with van der Waals surface area (Å²) in [6, 6.07) is 5.38. The zero-order valence-electron chi connectivity index (χ0n) is 12.9. The van der Waals surface area contributed by atoms with Crippen molar-refractivity contribution >= 4 is 32.6 Å². The van der Waals surface area contributed by atoms with Crippen LogP contribution in [0.15, 0.2) is 22.7 Å². The molecule has 0 unspecified atom stereocenters. The molecule has 0 aliphatic heterocycles. The lowest BCUT2D eigenvalue weighted by Crippen LogP contribution is -2.26. The molecular formula is C15H17N5O2S. The molecule has 7 nitrogen and oxygen atoms in total. The van der Waals surface area contributed by atoms with Crippen LogP contribution in [0.4, 0.5) is 5.13 Å². The van der Waals surface area contributed by atoms with Crippen LogP contribution in [0.2, 0.25) is 0 Å². The van der Waals surface area contributed by atoms with E-state index in [0.717, 1.165) is 23.1 Å². The lowest BCUT2D eigenvalue weighted by molar-refractivity contribution is 0.0781. The number of carbonyl (C=O) groups excluding carboxylic acids is 1. The first-order chi connectivity index (χ1) is 11.1. The van der Waals surface area contributed by atoms with Gasteiger partial charge in [0.05, 0.1) is 16.8 Å². The van der Waals surface area contributed by atoms with Crippen LogP contribution in [-0.2, 0) is 13.0 Å². The third-order valence-corrected chi connectivity index (χ3v) is 4.22. The molecule has 0 atom stereocenters. The topological polar surface area (TPSA) is 98.1 Å². The van der Waals surface area contributed by atoms with Crippen LogP contribution in [0.5, 0.6) is 0 Å². The van der Waals surface area contributed by atoms with Crippen molar-refractivity contribution in [3.8, 4) is 0 Å². The van der Waals surface area contributed by atoms with E-state index in [2.05, 4.69) is 15.1 Å². The Hall–Kier alpha value is -2.48. The number of nitrogens with two attached hydrogens (primary N) is 1. The molecule has 120 valence electrons. The van der Waals surface area contributed by atoms with Crippen molar-refractivity contribution < 1.29 is 9.32 Å². The maximum atomic E-state index is 12.5. The van der Waals surface area contributed by atoms with Crippen molar-refractivity contribution in [3.05, 3.63) is 35.5 Å². The third-order valence-electron chi connectivity index (χ3n) is 3.35. The van der Waals surface area contributed by atoms with Gasteiger partial charge in [-0.15, -0.1) is 0 Å². The van der Waals surface area contributed by atoms with Gasteiger partial charge in [0, 0.05) is 19.0 Å². The quantitative estimate of drug-likeness (QED) is 0.771. The monoisotopic (exact) mass is 331 g/mol. The first-order valence-corrected chi connectivity index (χ1v) is 8.11. The fraction of sp³-hybridized carbons (Fsp3) is 0.333. The first kappa shape index (κ1) is 15.4. The van der Waals surface area contributed by atoms with Gasteiger partial charge in [0.1, 0.15) is 0 Å². The molecule has 0 aliphatic carbocycles. The highest BCUT2D eigenvalue weighted by Crippen LogP contribution is 2.24. The summed E-state index contributed by atoms with van der Waals surface area (Å²) in [6.07, 6.45) is 1.68. The van der Waals surface area contributed by atoms with Crippen LogP contribution < -0.4 is 5.73 Å². The van der Waals surface area contributed by atoms with E-state index in [1.54, 1.807) is 24.1 Å². The van der Waals surface area contributed by atoms with Gasteiger partial charge in [-0.05, 0) is 24.6 Å². The number of hydrogen-bond acceptors (Lipinski definition) is 7. The van der Waals surface area contributed by atoms with E-state index in [4.69, 9.17) is 10.3 Å². The third kappa shape index (κ3) is 3.31. The summed E-state index contributed by atoms with van der Waals surface area (Å²) in [5, 5.41) is 4.39. The molecule has 0 saturated heterocycles. The number of rotatable bonds is 5. The molecule has 0 saturated carbocycles. The molecule has 2 aromatic heterocycles. The van der Waals surface area contributed by atoms with Crippen LogP contribution in [-0.4, -0.2) is 33.0 Å². The van der Waals surface area contributed by atoms with E-state index in [9.17, 15) is 4.79 Å². The Morgan fingerprint density at radius 3 is 3.00 bits per heavy atom. The van der Waals surface area contributed by atoms with Gasteiger partial charge in [0.15, 0.2) is 11.0 Å². The molecular weight excluding hydrogens is 314 g/mol. The predicted molar refractivity (Wildman–Crippen MR) is 88.1 cm³/mol. The van der Waals surface area contributed by atoms with Gasteiger partial charge in [-0.2, -0.15) is 4.98 Å². The van der Waals surface area contributed by atoms with Gasteiger partial charge < -0.3 is 15.2 Å². The van der Waals surface area contributed by atoms with Gasteiger partial charge in [-0.3, -0.25) is 4.79 Å². The summed E-state index contributed by atoms with van der Waals surface area (Å²) in [4.78, 5) is 22.5. The van der Waals surface area contributed by atoms with Gasteiger partial charge in [-0.25, -0.2) is 4.98 Å². The second-order valence-electron chi connectivity index (χ2n) is 5.25. The predicted octanol–water partition coefficient (Wildman–Crippen LogP) is 2.49. The average molecular weight is 331 g/mol. The number of carbonyl (C=O) groups is 1. The number of thiazole rings is 1. The minimum absolute atomic E-state index is 0.125. The molecule has 1 amide bonds.